The fourth-order valence-electron chi connectivity index (χ4n) is 2.70. The molecule has 2 N–H and O–H groups in total. The molecule has 0 bridgehead atoms. The Bertz CT molecular complexity index is 685. The van der Waals surface area contributed by atoms with E-state index in [1.54, 1.807) is 4.68 Å². The number of para-hydroxylation sites is 1. The fourth-order valence-corrected chi connectivity index (χ4v) is 3.64. The first kappa shape index (κ1) is 19.8. The highest BCUT2D eigenvalue weighted by Crippen LogP contribution is 2.19. The molecule has 1 aromatic heterocycles. The lowest BCUT2D eigenvalue weighted by Crippen LogP contribution is -2.46. The van der Waals surface area contributed by atoms with E-state index in [1.165, 1.54) is 0 Å². The fraction of sp³-hybridized carbons (Fsp3) is 0.471. The van der Waals surface area contributed by atoms with Crippen molar-refractivity contribution >= 4 is 30.1 Å². The van der Waals surface area contributed by atoms with E-state index in [4.69, 9.17) is 0 Å². The molecule has 1 amide bonds. The number of carbonyl (C=O) groups is 1. The molecule has 0 aliphatic carbocycles. The monoisotopic (exact) mass is 381 g/mol. The van der Waals surface area contributed by atoms with Gasteiger partial charge in [-0.1, -0.05) is 23.4 Å². The third-order valence-corrected chi connectivity index (χ3v) is 5.17. The summed E-state index contributed by atoms with van der Waals surface area (Å²) in [6.07, 6.45) is 2.35. The molecular formula is C17H24ClN5OS. The van der Waals surface area contributed by atoms with Gasteiger partial charge in [-0.3, -0.25) is 4.79 Å². The van der Waals surface area contributed by atoms with Gasteiger partial charge in [-0.25, -0.2) is 4.68 Å². The van der Waals surface area contributed by atoms with Crippen LogP contribution in [-0.2, 0) is 10.3 Å². The quantitative estimate of drug-likeness (QED) is 0.830. The van der Waals surface area contributed by atoms with Crippen LogP contribution in [-0.4, -0.2) is 45.0 Å². The number of nitrogens with one attached hydrogen (secondary N) is 2. The molecule has 6 nitrogen and oxygen atoms in total. The topological polar surface area (TPSA) is 71.8 Å². The third-order valence-electron chi connectivity index (χ3n) is 4.04. The van der Waals surface area contributed by atoms with E-state index in [0.717, 1.165) is 29.4 Å². The van der Waals surface area contributed by atoms with Gasteiger partial charge in [-0.05, 0) is 26.0 Å². The highest BCUT2D eigenvalue weighted by atomic mass is 35.5. The largest absolute Gasteiger partial charge is 0.345 e. The highest BCUT2D eigenvalue weighted by molar-refractivity contribution is 7.99. The number of hydrogen-bond donors (Lipinski definition) is 2. The van der Waals surface area contributed by atoms with E-state index in [2.05, 4.69) is 20.9 Å². The molecule has 0 spiro atoms. The van der Waals surface area contributed by atoms with Crippen LogP contribution < -0.4 is 10.6 Å². The molecular weight excluding hydrogens is 358 g/mol. The average Bonchev–Trinajstić information content (AvgIpc) is 3.07. The Labute approximate surface area is 158 Å². The molecule has 25 heavy (non-hydrogen) atoms. The van der Waals surface area contributed by atoms with E-state index < -0.39 is 5.54 Å². The number of nitrogens with zero attached hydrogens (tertiary/aromatic N) is 3. The summed E-state index contributed by atoms with van der Waals surface area (Å²) in [6, 6.07) is 10.1. The second-order valence-corrected chi connectivity index (χ2v) is 7.64. The number of halogens is 1. The SMILES string of the molecule is CC(C)(NC(=O)CC1CSCCN1)c1cn(-c2ccccc2)nn1.Cl. The van der Waals surface area contributed by atoms with Crippen LogP contribution in [0.2, 0.25) is 0 Å². The van der Waals surface area contributed by atoms with E-state index in [9.17, 15) is 4.79 Å². The van der Waals surface area contributed by atoms with Crippen molar-refractivity contribution in [2.45, 2.75) is 31.8 Å². The molecule has 1 aliphatic rings. The zero-order chi connectivity index (χ0) is 17.0. The van der Waals surface area contributed by atoms with Crippen molar-refractivity contribution in [2.24, 2.45) is 0 Å². The maximum Gasteiger partial charge on any atom is 0.222 e. The van der Waals surface area contributed by atoms with Crippen molar-refractivity contribution in [3.8, 4) is 5.69 Å². The van der Waals surface area contributed by atoms with Gasteiger partial charge in [0.25, 0.3) is 0 Å². The molecule has 1 aromatic carbocycles. The first-order valence-corrected chi connectivity index (χ1v) is 9.30. The molecule has 2 aromatic rings. The summed E-state index contributed by atoms with van der Waals surface area (Å²) in [7, 11) is 0. The van der Waals surface area contributed by atoms with Gasteiger partial charge in [-0.2, -0.15) is 11.8 Å². The summed E-state index contributed by atoms with van der Waals surface area (Å²) in [5.41, 5.74) is 1.12. The smallest absolute Gasteiger partial charge is 0.222 e. The summed E-state index contributed by atoms with van der Waals surface area (Å²) >= 11 is 1.89. The standard InChI is InChI=1S/C17H23N5OS.ClH/c1-17(2,19-16(23)10-13-12-24-9-8-18-13)15-11-22(21-20-15)14-6-4-3-5-7-14;/h3-7,11,13,18H,8-10,12H2,1-2H3,(H,19,23);1H. The molecule has 1 saturated heterocycles. The zero-order valence-corrected chi connectivity index (χ0v) is 16.1. The summed E-state index contributed by atoms with van der Waals surface area (Å²) < 4.78 is 1.72. The number of hydrogen-bond acceptors (Lipinski definition) is 5. The van der Waals surface area contributed by atoms with Crippen LogP contribution in [0.1, 0.15) is 26.0 Å². The number of carbonyl (C=O) groups excluding carboxylic acids is 1. The van der Waals surface area contributed by atoms with Gasteiger partial charge in [0.15, 0.2) is 0 Å². The predicted molar refractivity (Wildman–Crippen MR) is 104 cm³/mol. The Hall–Kier alpha value is -1.57. The van der Waals surface area contributed by atoms with Crippen molar-refractivity contribution in [3.63, 3.8) is 0 Å². The molecule has 1 atom stereocenters. The Balaban J connectivity index is 0.00000225. The lowest BCUT2D eigenvalue weighted by molar-refractivity contribution is -0.123. The lowest BCUT2D eigenvalue weighted by Gasteiger charge is -2.27. The van der Waals surface area contributed by atoms with Crippen LogP contribution in [0.25, 0.3) is 5.69 Å². The van der Waals surface area contributed by atoms with Crippen molar-refractivity contribution in [1.82, 2.24) is 25.6 Å². The van der Waals surface area contributed by atoms with Gasteiger partial charge in [0.2, 0.25) is 5.91 Å². The zero-order valence-electron chi connectivity index (χ0n) is 14.4. The maximum atomic E-state index is 12.4. The summed E-state index contributed by atoms with van der Waals surface area (Å²) in [6.45, 7) is 4.87. The van der Waals surface area contributed by atoms with Crippen LogP contribution in [0.3, 0.4) is 0 Å². The molecule has 136 valence electrons. The average molecular weight is 382 g/mol. The maximum absolute atomic E-state index is 12.4. The normalized spacial score (nSPS) is 17.6. The lowest BCUT2D eigenvalue weighted by atomic mass is 10.0. The van der Waals surface area contributed by atoms with E-state index in [-0.39, 0.29) is 24.4 Å². The Morgan fingerprint density at radius 3 is 2.84 bits per heavy atom. The minimum Gasteiger partial charge on any atom is -0.345 e. The minimum absolute atomic E-state index is 0. The van der Waals surface area contributed by atoms with Crippen LogP contribution >= 0.6 is 24.2 Å². The predicted octanol–water partition coefficient (Wildman–Crippen LogP) is 2.14. The van der Waals surface area contributed by atoms with Crippen molar-refractivity contribution < 1.29 is 4.79 Å². The Morgan fingerprint density at radius 2 is 2.16 bits per heavy atom. The molecule has 3 rings (SSSR count). The second kappa shape index (κ2) is 8.69. The van der Waals surface area contributed by atoms with Gasteiger partial charge < -0.3 is 10.6 Å². The van der Waals surface area contributed by atoms with Crippen molar-refractivity contribution in [3.05, 3.63) is 42.2 Å². The highest BCUT2D eigenvalue weighted by Gasteiger charge is 2.28. The van der Waals surface area contributed by atoms with Crippen LogP contribution in [0.4, 0.5) is 0 Å². The summed E-state index contributed by atoms with van der Waals surface area (Å²) in [5, 5.41) is 14.9. The molecule has 0 saturated carbocycles. The molecule has 1 fully saturated rings. The third kappa shape index (κ3) is 5.20. The van der Waals surface area contributed by atoms with Gasteiger partial charge >= 0.3 is 0 Å². The van der Waals surface area contributed by atoms with Crippen LogP contribution in [0.5, 0.6) is 0 Å². The van der Waals surface area contributed by atoms with Gasteiger partial charge in [0.05, 0.1) is 17.4 Å². The Kier molecular flexibility index (Phi) is 6.87. The van der Waals surface area contributed by atoms with Gasteiger partial charge in [-0.15, -0.1) is 17.5 Å². The van der Waals surface area contributed by atoms with Gasteiger partial charge in [0.1, 0.15) is 5.69 Å². The summed E-state index contributed by atoms with van der Waals surface area (Å²) in [4.78, 5) is 12.4. The van der Waals surface area contributed by atoms with Crippen LogP contribution in [0.15, 0.2) is 36.5 Å². The number of rotatable bonds is 5. The summed E-state index contributed by atoms with van der Waals surface area (Å²) in [5.74, 6) is 2.14. The minimum atomic E-state index is -0.564. The number of thioether (sulfide) groups is 1. The number of benzene rings is 1. The van der Waals surface area contributed by atoms with Gasteiger partial charge in [0, 0.05) is 30.5 Å². The van der Waals surface area contributed by atoms with Crippen molar-refractivity contribution in [2.75, 3.05) is 18.1 Å². The molecule has 1 aliphatic heterocycles. The van der Waals surface area contributed by atoms with Crippen LogP contribution in [0, 0.1) is 0 Å². The molecule has 0 radical (unpaired) electrons. The Morgan fingerprint density at radius 1 is 1.40 bits per heavy atom. The molecule has 1 unspecified atom stereocenters. The molecule has 2 heterocycles. The first-order valence-electron chi connectivity index (χ1n) is 8.15. The first-order chi connectivity index (χ1) is 11.5. The van der Waals surface area contributed by atoms with Crippen molar-refractivity contribution in [1.29, 1.82) is 0 Å². The molecule has 8 heteroatoms. The van der Waals surface area contributed by atoms with E-state index >= 15 is 0 Å². The number of amides is 1. The number of aromatic nitrogens is 3. The second-order valence-electron chi connectivity index (χ2n) is 6.49. The van der Waals surface area contributed by atoms with E-state index in [1.807, 2.05) is 62.1 Å². The van der Waals surface area contributed by atoms with E-state index in [0.29, 0.717) is 6.42 Å².